The molecule has 2 atom stereocenters. The number of anilines is 2. The number of pyridine rings is 1. The van der Waals surface area contributed by atoms with E-state index in [1.807, 2.05) is 6.07 Å². The first-order valence-corrected chi connectivity index (χ1v) is 10.1. The first-order chi connectivity index (χ1) is 13.7. The van der Waals surface area contributed by atoms with Gasteiger partial charge in [-0.05, 0) is 56.0 Å². The molecule has 1 saturated heterocycles. The first kappa shape index (κ1) is 16.0. The van der Waals surface area contributed by atoms with Crippen LogP contribution in [0.4, 0.5) is 11.4 Å². The summed E-state index contributed by atoms with van der Waals surface area (Å²) >= 11 is 0. The molecule has 3 aliphatic heterocycles. The molecule has 4 aromatic rings. The summed E-state index contributed by atoms with van der Waals surface area (Å²) in [5, 5.41) is 2.25. The topological polar surface area (TPSA) is 32.5 Å². The third kappa shape index (κ3) is 2.09. The van der Waals surface area contributed by atoms with E-state index in [1.54, 1.807) is 6.20 Å². The number of furan rings is 1. The van der Waals surface area contributed by atoms with Gasteiger partial charge in [-0.15, -0.1) is 0 Å². The molecule has 1 fully saturated rings. The van der Waals surface area contributed by atoms with Crippen LogP contribution in [0.3, 0.4) is 0 Å². The van der Waals surface area contributed by atoms with Gasteiger partial charge in [0.25, 0.3) is 0 Å². The van der Waals surface area contributed by atoms with Gasteiger partial charge in [0.05, 0.1) is 11.9 Å². The Hall–Kier alpha value is -3.01. The van der Waals surface area contributed by atoms with Gasteiger partial charge in [-0.1, -0.05) is 30.3 Å². The van der Waals surface area contributed by atoms with Crippen LogP contribution in [0.25, 0.3) is 22.1 Å². The van der Waals surface area contributed by atoms with Gasteiger partial charge in [0.2, 0.25) is 5.71 Å². The number of nitrogens with zero attached hydrogens (tertiary/aromatic N) is 3. The van der Waals surface area contributed by atoms with E-state index < -0.39 is 0 Å². The van der Waals surface area contributed by atoms with Crippen LogP contribution in [-0.2, 0) is 6.42 Å². The van der Waals surface area contributed by atoms with Gasteiger partial charge < -0.3 is 14.2 Å². The van der Waals surface area contributed by atoms with E-state index >= 15 is 0 Å². The van der Waals surface area contributed by atoms with Gasteiger partial charge in [-0.3, -0.25) is 0 Å². The van der Waals surface area contributed by atoms with Gasteiger partial charge in [0.15, 0.2) is 5.58 Å². The summed E-state index contributed by atoms with van der Waals surface area (Å²) in [5.74, 6) is 0. The van der Waals surface area contributed by atoms with E-state index in [0.29, 0.717) is 6.04 Å². The second-order valence-corrected chi connectivity index (χ2v) is 8.07. The van der Waals surface area contributed by atoms with E-state index in [2.05, 4.69) is 71.1 Å². The lowest BCUT2D eigenvalue weighted by Gasteiger charge is -2.47. The Bertz CT molecular complexity index is 1210. The number of hydrogen-bond donors (Lipinski definition) is 0. The average molecular weight is 369 g/mol. The van der Waals surface area contributed by atoms with Crippen LogP contribution < -0.4 is 9.80 Å². The van der Waals surface area contributed by atoms with Gasteiger partial charge in [0.1, 0.15) is 0 Å². The van der Waals surface area contributed by atoms with Gasteiger partial charge >= 0.3 is 0 Å². The molecular formula is C24H23N3O. The number of para-hydroxylation sites is 1. The first-order valence-electron chi connectivity index (χ1n) is 10.1. The quantitative estimate of drug-likeness (QED) is 0.457. The lowest BCUT2D eigenvalue weighted by molar-refractivity contribution is 0.434. The molecule has 4 heteroatoms. The van der Waals surface area contributed by atoms with Crippen LogP contribution in [0.1, 0.15) is 24.5 Å². The largest absolute Gasteiger partial charge is 0.436 e. The van der Waals surface area contributed by atoms with Crippen molar-refractivity contribution in [2.75, 3.05) is 16.3 Å². The number of aryl methyl sites for hydroxylation is 1. The molecule has 0 amide bonds. The fourth-order valence-electron chi connectivity index (χ4n) is 5.26. The van der Waals surface area contributed by atoms with Crippen molar-refractivity contribution in [3.05, 3.63) is 65.9 Å². The lowest BCUT2D eigenvalue weighted by atomic mass is 9.99. The average Bonchev–Trinajstić information content (AvgIpc) is 2.91. The molecule has 140 valence electrons. The minimum absolute atomic E-state index is 0.285. The third-order valence-electron chi connectivity index (χ3n) is 6.56. The minimum atomic E-state index is 0.285. The summed E-state index contributed by atoms with van der Waals surface area (Å²) in [4.78, 5) is 9.61. The zero-order valence-electron chi connectivity index (χ0n) is 16.2. The fourth-order valence-corrected chi connectivity index (χ4v) is 5.26. The maximum absolute atomic E-state index is 6.32. The molecule has 4 nitrogen and oxygen atoms in total. The number of fused-ring (bicyclic) bond motifs is 5. The Morgan fingerprint density at radius 3 is 2.86 bits per heavy atom. The molecule has 0 aliphatic carbocycles. The van der Waals surface area contributed by atoms with Crippen LogP contribution in [0.15, 0.2) is 59.1 Å². The summed E-state index contributed by atoms with van der Waals surface area (Å²) in [5.41, 5.74) is 7.02. The highest BCUT2D eigenvalue weighted by atomic mass is 16.3. The fraction of sp³-hybridized carbons (Fsp3) is 0.292. The molecule has 2 bridgehead atoms. The molecule has 5 heterocycles. The van der Waals surface area contributed by atoms with Crippen molar-refractivity contribution >= 4 is 33.4 Å². The molecule has 3 aliphatic rings. The second-order valence-electron chi connectivity index (χ2n) is 8.07. The normalized spacial score (nSPS) is 21.4. The zero-order valence-corrected chi connectivity index (χ0v) is 16.2. The Kier molecular flexibility index (Phi) is 3.28. The molecule has 0 radical (unpaired) electrons. The molecule has 0 N–H and O–H groups in total. The Labute approximate surface area is 164 Å². The number of hydrogen-bond acceptors (Lipinski definition) is 4. The lowest BCUT2D eigenvalue weighted by Crippen LogP contribution is -2.56. The highest BCUT2D eigenvalue weighted by Crippen LogP contribution is 2.43. The van der Waals surface area contributed by atoms with Crippen molar-refractivity contribution < 1.29 is 4.42 Å². The molecule has 7 rings (SSSR count). The summed E-state index contributed by atoms with van der Waals surface area (Å²) in [6.45, 7) is 5.63. The van der Waals surface area contributed by atoms with Crippen molar-refractivity contribution in [3.8, 4) is 0 Å². The van der Waals surface area contributed by atoms with Crippen molar-refractivity contribution in [1.29, 1.82) is 0 Å². The van der Waals surface area contributed by atoms with Crippen molar-refractivity contribution in [1.82, 2.24) is 4.98 Å². The molecular weight excluding hydrogens is 346 g/mol. The SMILES string of the molecule is Cc1ccc2c(oc3ncccc32)c1N1C2CCN(c3ccccc3C2)C1C. The van der Waals surface area contributed by atoms with Crippen LogP contribution in [0.5, 0.6) is 0 Å². The summed E-state index contributed by atoms with van der Waals surface area (Å²) < 4.78 is 6.32. The van der Waals surface area contributed by atoms with Gasteiger partial charge in [-0.2, -0.15) is 0 Å². The monoisotopic (exact) mass is 369 g/mol. The molecule has 28 heavy (non-hydrogen) atoms. The smallest absolute Gasteiger partial charge is 0.227 e. The van der Waals surface area contributed by atoms with Gasteiger partial charge in [-0.25, -0.2) is 4.98 Å². The third-order valence-corrected chi connectivity index (χ3v) is 6.56. The Morgan fingerprint density at radius 1 is 1.04 bits per heavy atom. The number of aromatic nitrogens is 1. The van der Waals surface area contributed by atoms with Crippen LogP contribution in [-0.4, -0.2) is 23.7 Å². The predicted molar refractivity (Wildman–Crippen MR) is 114 cm³/mol. The van der Waals surface area contributed by atoms with E-state index in [4.69, 9.17) is 4.42 Å². The molecule has 2 aromatic carbocycles. The zero-order chi connectivity index (χ0) is 18.8. The molecule has 2 aromatic heterocycles. The second kappa shape index (κ2) is 5.74. The van der Waals surface area contributed by atoms with Crippen molar-refractivity contribution in [2.45, 2.75) is 38.9 Å². The predicted octanol–water partition coefficient (Wildman–Crippen LogP) is 5.28. The highest BCUT2D eigenvalue weighted by Gasteiger charge is 2.39. The van der Waals surface area contributed by atoms with Gasteiger partial charge in [0, 0.05) is 35.2 Å². The van der Waals surface area contributed by atoms with E-state index in [9.17, 15) is 0 Å². The van der Waals surface area contributed by atoms with Crippen molar-refractivity contribution in [2.24, 2.45) is 0 Å². The maximum atomic E-state index is 6.32. The van der Waals surface area contributed by atoms with Crippen molar-refractivity contribution in [3.63, 3.8) is 0 Å². The van der Waals surface area contributed by atoms with E-state index in [0.717, 1.165) is 41.5 Å². The molecule has 2 unspecified atom stereocenters. The van der Waals surface area contributed by atoms with E-state index in [-0.39, 0.29) is 6.17 Å². The highest BCUT2D eigenvalue weighted by molar-refractivity contribution is 6.08. The Balaban J connectivity index is 1.59. The molecule has 0 saturated carbocycles. The summed E-state index contributed by atoms with van der Waals surface area (Å²) in [6.07, 6.45) is 4.32. The maximum Gasteiger partial charge on any atom is 0.227 e. The minimum Gasteiger partial charge on any atom is -0.436 e. The van der Waals surface area contributed by atoms with Crippen LogP contribution >= 0.6 is 0 Å². The van der Waals surface area contributed by atoms with Crippen LogP contribution in [0, 0.1) is 6.92 Å². The summed E-state index contributed by atoms with van der Waals surface area (Å²) in [6, 6.07) is 17.8. The standard InChI is InChI=1S/C24H23N3O/c1-15-9-10-19-20-7-5-12-25-24(20)28-23(19)22(15)27-16(2)26-13-11-18(27)14-17-6-3-4-8-21(17)26/h3-10,12,16,18H,11,13-14H2,1-2H3. The number of rotatable bonds is 1. The van der Waals surface area contributed by atoms with Crippen LogP contribution in [0.2, 0.25) is 0 Å². The molecule has 0 spiro atoms. The Morgan fingerprint density at radius 2 is 1.93 bits per heavy atom. The summed E-state index contributed by atoms with van der Waals surface area (Å²) in [7, 11) is 0. The number of benzene rings is 2. The van der Waals surface area contributed by atoms with E-state index in [1.165, 1.54) is 22.5 Å².